The Morgan fingerprint density at radius 2 is 1.64 bits per heavy atom. The van der Waals surface area contributed by atoms with Gasteiger partial charge in [0.25, 0.3) is 0 Å². The molecule has 0 unspecified atom stereocenters. The lowest BCUT2D eigenvalue weighted by molar-refractivity contribution is -0.137. The lowest BCUT2D eigenvalue weighted by Crippen LogP contribution is -2.56. The summed E-state index contributed by atoms with van der Waals surface area (Å²) in [6.45, 7) is 2.14. The van der Waals surface area contributed by atoms with Crippen molar-refractivity contribution in [2.75, 3.05) is 36.4 Å². The van der Waals surface area contributed by atoms with Crippen molar-refractivity contribution in [2.45, 2.75) is 18.6 Å². The molecule has 4 rings (SSSR count). The summed E-state index contributed by atoms with van der Waals surface area (Å²) >= 11 is 0. The predicted molar refractivity (Wildman–Crippen MR) is 114 cm³/mol. The lowest BCUT2D eigenvalue weighted by Gasteiger charge is -2.38. The van der Waals surface area contributed by atoms with E-state index in [9.17, 15) is 27.2 Å². The van der Waals surface area contributed by atoms with Gasteiger partial charge < -0.3 is 15.1 Å². The van der Waals surface area contributed by atoms with Gasteiger partial charge in [0, 0.05) is 31.9 Å². The number of piperazine rings is 1. The van der Waals surface area contributed by atoms with E-state index < -0.39 is 29.6 Å². The minimum absolute atomic E-state index is 0.217. The molecule has 33 heavy (non-hydrogen) atoms. The van der Waals surface area contributed by atoms with Crippen molar-refractivity contribution in [3.63, 3.8) is 0 Å². The van der Waals surface area contributed by atoms with Crippen LogP contribution in [0.4, 0.5) is 28.9 Å². The molecule has 2 aromatic carbocycles. The van der Waals surface area contributed by atoms with Crippen molar-refractivity contribution in [2.24, 2.45) is 4.99 Å². The molecule has 11 heteroatoms. The number of rotatable bonds is 3. The number of guanidine groups is 1. The molecule has 0 aliphatic carbocycles. The molecule has 7 nitrogen and oxygen atoms in total. The van der Waals surface area contributed by atoms with Gasteiger partial charge in [-0.3, -0.25) is 14.9 Å². The van der Waals surface area contributed by atoms with Crippen LogP contribution >= 0.6 is 0 Å². The van der Waals surface area contributed by atoms with Crippen molar-refractivity contribution in [3.05, 3.63) is 59.9 Å². The number of nitrogens with one attached hydrogen (secondary N) is 2. The standard InChI is InChI=1S/C22H21F4N5O2/c23-14-5-7-15(8-6-14)30-9-11-31(12-10-30)21-28-18(13-19(32)29-21)20(33)27-17-4-2-1-3-16(17)22(24,25)26/h1-8,18H,9-13H2,(H,27,33)(H,28,29,32)/t18-/m0/s1. The summed E-state index contributed by atoms with van der Waals surface area (Å²) in [5, 5.41) is 4.90. The molecule has 2 N–H and O–H groups in total. The van der Waals surface area contributed by atoms with Crippen LogP contribution in [0.1, 0.15) is 12.0 Å². The average Bonchev–Trinajstić information content (AvgIpc) is 2.79. The first kappa shape index (κ1) is 22.6. The third-order valence-corrected chi connectivity index (χ3v) is 5.47. The zero-order valence-corrected chi connectivity index (χ0v) is 17.4. The van der Waals surface area contributed by atoms with E-state index in [0.717, 1.165) is 17.8 Å². The van der Waals surface area contributed by atoms with Crippen LogP contribution in [0.15, 0.2) is 53.5 Å². The third kappa shape index (κ3) is 5.24. The molecular weight excluding hydrogens is 442 g/mol. The normalized spacial score (nSPS) is 19.1. The third-order valence-electron chi connectivity index (χ3n) is 5.47. The Morgan fingerprint density at radius 3 is 2.30 bits per heavy atom. The first-order valence-corrected chi connectivity index (χ1v) is 10.3. The van der Waals surface area contributed by atoms with Crippen LogP contribution in [0.5, 0.6) is 0 Å². The summed E-state index contributed by atoms with van der Waals surface area (Å²) in [5.41, 5.74) is -0.489. The number of aliphatic imine (C=N–C) groups is 1. The molecule has 2 amide bonds. The molecule has 1 saturated heterocycles. The molecule has 0 saturated carbocycles. The molecular formula is C22H21F4N5O2. The van der Waals surface area contributed by atoms with Crippen LogP contribution in [-0.4, -0.2) is 54.9 Å². The van der Waals surface area contributed by atoms with Gasteiger partial charge in [-0.15, -0.1) is 0 Å². The van der Waals surface area contributed by atoms with Gasteiger partial charge in [-0.2, -0.15) is 13.2 Å². The molecule has 174 valence electrons. The highest BCUT2D eigenvalue weighted by atomic mass is 19.4. The summed E-state index contributed by atoms with van der Waals surface area (Å²) in [6.07, 6.45) is -4.90. The number of carbonyl (C=O) groups excluding carboxylic acids is 2. The fourth-order valence-electron chi connectivity index (χ4n) is 3.77. The van der Waals surface area contributed by atoms with E-state index in [1.54, 1.807) is 17.0 Å². The van der Waals surface area contributed by atoms with E-state index in [-0.39, 0.29) is 23.9 Å². The average molecular weight is 463 g/mol. The van der Waals surface area contributed by atoms with Crippen LogP contribution in [0, 0.1) is 5.82 Å². The van der Waals surface area contributed by atoms with E-state index in [1.807, 2.05) is 0 Å². The van der Waals surface area contributed by atoms with Gasteiger partial charge in [-0.25, -0.2) is 9.38 Å². The van der Waals surface area contributed by atoms with Gasteiger partial charge in [0.15, 0.2) is 0 Å². The van der Waals surface area contributed by atoms with Gasteiger partial charge in [-0.05, 0) is 36.4 Å². The largest absolute Gasteiger partial charge is 0.418 e. The first-order valence-electron chi connectivity index (χ1n) is 10.3. The number of amides is 2. The van der Waals surface area contributed by atoms with Crippen LogP contribution < -0.4 is 15.5 Å². The quantitative estimate of drug-likeness (QED) is 0.687. The number of carbonyl (C=O) groups is 2. The highest BCUT2D eigenvalue weighted by molar-refractivity contribution is 6.06. The number of para-hydroxylation sites is 1. The van der Waals surface area contributed by atoms with Crippen molar-refractivity contribution in [3.8, 4) is 0 Å². The summed E-state index contributed by atoms with van der Waals surface area (Å²) in [7, 11) is 0. The molecule has 0 spiro atoms. The maximum atomic E-state index is 13.2. The van der Waals surface area contributed by atoms with Crippen molar-refractivity contribution < 1.29 is 27.2 Å². The van der Waals surface area contributed by atoms with Gasteiger partial charge in [0.1, 0.15) is 11.9 Å². The lowest BCUT2D eigenvalue weighted by atomic mass is 10.1. The highest BCUT2D eigenvalue weighted by Gasteiger charge is 2.35. The number of alkyl halides is 3. The van der Waals surface area contributed by atoms with Crippen LogP contribution in [0.3, 0.4) is 0 Å². The zero-order chi connectivity index (χ0) is 23.6. The van der Waals surface area contributed by atoms with E-state index in [0.29, 0.717) is 26.2 Å². The number of halogens is 4. The van der Waals surface area contributed by atoms with Gasteiger partial charge in [0.05, 0.1) is 17.7 Å². The SMILES string of the molecule is O=C1C[C@@H](C(=O)Nc2ccccc2C(F)(F)F)N=C(N2CCN(c3ccc(F)cc3)CC2)N1. The highest BCUT2D eigenvalue weighted by Crippen LogP contribution is 2.34. The summed E-state index contributed by atoms with van der Waals surface area (Å²) in [4.78, 5) is 33.0. The number of hydrogen-bond acceptors (Lipinski definition) is 5. The summed E-state index contributed by atoms with van der Waals surface area (Å²) in [6, 6.07) is 9.63. The summed E-state index contributed by atoms with van der Waals surface area (Å²) in [5.74, 6) is -1.33. The van der Waals surface area contributed by atoms with Crippen molar-refractivity contribution >= 4 is 29.1 Å². The Kier molecular flexibility index (Phi) is 6.21. The van der Waals surface area contributed by atoms with Crippen LogP contribution in [-0.2, 0) is 15.8 Å². The van der Waals surface area contributed by atoms with E-state index in [4.69, 9.17) is 0 Å². The monoisotopic (exact) mass is 463 g/mol. The molecule has 0 radical (unpaired) electrons. The van der Waals surface area contributed by atoms with Crippen molar-refractivity contribution in [1.82, 2.24) is 10.2 Å². The second-order valence-corrected chi connectivity index (χ2v) is 7.70. The minimum atomic E-state index is -4.63. The first-order chi connectivity index (χ1) is 15.7. The van der Waals surface area contributed by atoms with E-state index in [2.05, 4.69) is 20.5 Å². The number of hydrogen-bond donors (Lipinski definition) is 2. The number of benzene rings is 2. The Bertz CT molecular complexity index is 1060. The molecule has 2 aliphatic rings. The van der Waals surface area contributed by atoms with E-state index in [1.165, 1.54) is 24.3 Å². The van der Waals surface area contributed by atoms with Crippen LogP contribution in [0.2, 0.25) is 0 Å². The Labute approximate surface area is 187 Å². The molecule has 1 fully saturated rings. The van der Waals surface area contributed by atoms with Gasteiger partial charge in [-0.1, -0.05) is 12.1 Å². The molecule has 2 aromatic rings. The second kappa shape index (κ2) is 9.08. The van der Waals surface area contributed by atoms with E-state index >= 15 is 0 Å². The fraction of sp³-hybridized carbons (Fsp3) is 0.318. The Balaban J connectivity index is 1.44. The predicted octanol–water partition coefficient (Wildman–Crippen LogP) is 2.85. The molecule has 0 aromatic heterocycles. The Morgan fingerprint density at radius 1 is 1.00 bits per heavy atom. The van der Waals surface area contributed by atoms with Gasteiger partial charge in [0.2, 0.25) is 17.8 Å². The molecule has 0 bridgehead atoms. The topological polar surface area (TPSA) is 77.0 Å². The molecule has 2 aliphatic heterocycles. The number of anilines is 2. The second-order valence-electron chi connectivity index (χ2n) is 7.70. The van der Waals surface area contributed by atoms with Crippen LogP contribution in [0.25, 0.3) is 0 Å². The minimum Gasteiger partial charge on any atom is -0.368 e. The summed E-state index contributed by atoms with van der Waals surface area (Å²) < 4.78 is 52.8. The molecule has 2 heterocycles. The maximum Gasteiger partial charge on any atom is 0.418 e. The Hall–Kier alpha value is -3.63. The smallest absolute Gasteiger partial charge is 0.368 e. The maximum absolute atomic E-state index is 13.2. The van der Waals surface area contributed by atoms with Gasteiger partial charge >= 0.3 is 6.18 Å². The number of nitrogens with zero attached hydrogens (tertiary/aromatic N) is 3. The fourth-order valence-corrected chi connectivity index (χ4v) is 3.77. The zero-order valence-electron chi connectivity index (χ0n) is 17.4. The van der Waals surface area contributed by atoms with Crippen molar-refractivity contribution in [1.29, 1.82) is 0 Å². The molecule has 1 atom stereocenters.